The minimum Gasteiger partial charge on any atom is -0.309 e. The fourth-order valence-electron chi connectivity index (χ4n) is 1.36. The quantitative estimate of drug-likeness (QED) is 0.732. The Morgan fingerprint density at radius 2 is 1.85 bits per heavy atom. The first-order valence-electron chi connectivity index (χ1n) is 4.02. The van der Waals surface area contributed by atoms with Crippen LogP contribution in [-0.4, -0.2) is 13.1 Å². The highest BCUT2D eigenvalue weighted by molar-refractivity contribution is 5.85. The van der Waals surface area contributed by atoms with Crippen molar-refractivity contribution in [2.45, 2.75) is 0 Å². The lowest BCUT2D eigenvalue weighted by molar-refractivity contribution is 0.627. The van der Waals surface area contributed by atoms with Gasteiger partial charge in [-0.05, 0) is 23.3 Å². The van der Waals surface area contributed by atoms with Gasteiger partial charge in [0.2, 0.25) is 0 Å². The van der Waals surface area contributed by atoms with Crippen LogP contribution in [0.3, 0.4) is 0 Å². The second kappa shape index (κ2) is 4.40. The Bertz CT molecular complexity index is 305. The number of halogens is 2. The number of nitrogens with one attached hydrogen (secondary N) is 1. The zero-order chi connectivity index (χ0) is 8.39. The highest BCUT2D eigenvalue weighted by Crippen LogP contribution is 2.16. The molecular weight excluding hydrogens is 189 g/mol. The summed E-state index contributed by atoms with van der Waals surface area (Å²) in [5.41, 5.74) is 2.37. The molecule has 0 aliphatic carbocycles. The Labute approximate surface area is 83.1 Å². The van der Waals surface area contributed by atoms with Gasteiger partial charge in [0.1, 0.15) is 5.82 Å². The first kappa shape index (κ1) is 10.2. The van der Waals surface area contributed by atoms with Crippen LogP contribution in [0.15, 0.2) is 30.3 Å². The maximum atomic E-state index is 12.5. The second-order valence-corrected chi connectivity index (χ2v) is 2.87. The summed E-state index contributed by atoms with van der Waals surface area (Å²) < 4.78 is 12.5. The van der Waals surface area contributed by atoms with Gasteiger partial charge >= 0.3 is 0 Å². The number of hydrogen-bond acceptors (Lipinski definition) is 1. The van der Waals surface area contributed by atoms with Crippen molar-refractivity contribution in [1.82, 2.24) is 5.32 Å². The molecule has 0 radical (unpaired) electrons. The van der Waals surface area contributed by atoms with Gasteiger partial charge in [0.25, 0.3) is 0 Å². The summed E-state index contributed by atoms with van der Waals surface area (Å²) in [4.78, 5) is 0. The molecule has 1 aromatic carbocycles. The molecule has 70 valence electrons. The van der Waals surface area contributed by atoms with E-state index in [0.29, 0.717) is 0 Å². The van der Waals surface area contributed by atoms with E-state index in [9.17, 15) is 4.39 Å². The van der Waals surface area contributed by atoms with Gasteiger partial charge in [-0.3, -0.25) is 0 Å². The molecule has 1 aliphatic rings. The van der Waals surface area contributed by atoms with E-state index in [0.717, 1.165) is 18.7 Å². The molecule has 2 rings (SSSR count). The zero-order valence-electron chi connectivity index (χ0n) is 7.09. The molecule has 0 aromatic heterocycles. The van der Waals surface area contributed by atoms with Crippen LogP contribution in [0.5, 0.6) is 0 Å². The number of benzene rings is 1. The van der Waals surface area contributed by atoms with E-state index in [-0.39, 0.29) is 18.2 Å². The van der Waals surface area contributed by atoms with Crippen LogP contribution >= 0.6 is 12.4 Å². The Morgan fingerprint density at radius 3 is 2.38 bits per heavy atom. The minimum atomic E-state index is -0.176. The highest BCUT2D eigenvalue weighted by atomic mass is 35.5. The van der Waals surface area contributed by atoms with Crippen LogP contribution in [-0.2, 0) is 0 Å². The summed E-state index contributed by atoms with van der Waals surface area (Å²) in [5, 5.41) is 3.20. The summed E-state index contributed by atoms with van der Waals surface area (Å²) >= 11 is 0. The summed E-state index contributed by atoms with van der Waals surface area (Å²) in [6.07, 6.45) is 2.13. The van der Waals surface area contributed by atoms with E-state index in [1.807, 2.05) is 12.1 Å². The maximum Gasteiger partial charge on any atom is 0.123 e. The minimum absolute atomic E-state index is 0. The SMILES string of the molecule is Cl.Fc1ccc(C2=CCNC2)cc1. The van der Waals surface area contributed by atoms with E-state index in [2.05, 4.69) is 11.4 Å². The Kier molecular flexibility index (Phi) is 3.46. The molecule has 1 aromatic rings. The summed E-state index contributed by atoms with van der Waals surface area (Å²) in [5.74, 6) is -0.176. The van der Waals surface area contributed by atoms with E-state index in [1.165, 1.54) is 17.7 Å². The van der Waals surface area contributed by atoms with Crippen LogP contribution in [0.25, 0.3) is 5.57 Å². The number of hydrogen-bond donors (Lipinski definition) is 1. The molecule has 1 heterocycles. The Morgan fingerprint density at radius 1 is 1.15 bits per heavy atom. The smallest absolute Gasteiger partial charge is 0.123 e. The normalized spacial score (nSPS) is 15.0. The molecule has 13 heavy (non-hydrogen) atoms. The molecule has 0 saturated carbocycles. The Hall–Kier alpha value is -0.860. The predicted octanol–water partition coefficient (Wildman–Crippen LogP) is 2.23. The lowest BCUT2D eigenvalue weighted by Gasteiger charge is -2.00. The van der Waals surface area contributed by atoms with Crippen molar-refractivity contribution >= 4 is 18.0 Å². The van der Waals surface area contributed by atoms with Crippen molar-refractivity contribution in [2.75, 3.05) is 13.1 Å². The van der Waals surface area contributed by atoms with Crippen LogP contribution in [0.4, 0.5) is 4.39 Å². The monoisotopic (exact) mass is 199 g/mol. The van der Waals surface area contributed by atoms with E-state index in [4.69, 9.17) is 0 Å². The predicted molar refractivity (Wildman–Crippen MR) is 54.5 cm³/mol. The lowest BCUT2D eigenvalue weighted by atomic mass is 10.1. The van der Waals surface area contributed by atoms with E-state index >= 15 is 0 Å². The first-order chi connectivity index (χ1) is 5.86. The van der Waals surface area contributed by atoms with Crippen LogP contribution in [0.1, 0.15) is 5.56 Å². The molecule has 0 fully saturated rings. The van der Waals surface area contributed by atoms with Crippen LogP contribution in [0, 0.1) is 5.82 Å². The van der Waals surface area contributed by atoms with Gasteiger partial charge in [-0.15, -0.1) is 12.4 Å². The molecule has 0 saturated heterocycles. The molecule has 0 spiro atoms. The molecular formula is C10H11ClFN. The molecule has 0 bridgehead atoms. The third-order valence-electron chi connectivity index (χ3n) is 2.02. The van der Waals surface area contributed by atoms with Gasteiger partial charge in [-0.2, -0.15) is 0 Å². The first-order valence-corrected chi connectivity index (χ1v) is 4.02. The molecule has 0 amide bonds. The zero-order valence-corrected chi connectivity index (χ0v) is 7.90. The molecule has 0 unspecified atom stereocenters. The fourth-order valence-corrected chi connectivity index (χ4v) is 1.36. The molecule has 3 heteroatoms. The highest BCUT2D eigenvalue weighted by Gasteiger charge is 2.05. The van der Waals surface area contributed by atoms with Crippen molar-refractivity contribution in [3.05, 3.63) is 41.7 Å². The molecule has 1 N–H and O–H groups in total. The van der Waals surface area contributed by atoms with Gasteiger partial charge in [-0.25, -0.2) is 4.39 Å². The third-order valence-corrected chi connectivity index (χ3v) is 2.02. The summed E-state index contributed by atoms with van der Waals surface area (Å²) in [7, 11) is 0. The van der Waals surface area contributed by atoms with Crippen LogP contribution < -0.4 is 5.32 Å². The number of rotatable bonds is 1. The van der Waals surface area contributed by atoms with Crippen molar-refractivity contribution in [3.8, 4) is 0 Å². The van der Waals surface area contributed by atoms with Gasteiger partial charge in [0.15, 0.2) is 0 Å². The summed E-state index contributed by atoms with van der Waals surface area (Å²) in [6, 6.07) is 6.62. The van der Waals surface area contributed by atoms with Gasteiger partial charge in [0, 0.05) is 13.1 Å². The van der Waals surface area contributed by atoms with E-state index < -0.39 is 0 Å². The Balaban J connectivity index is 0.000000845. The van der Waals surface area contributed by atoms with Crippen molar-refractivity contribution < 1.29 is 4.39 Å². The molecule has 0 atom stereocenters. The maximum absolute atomic E-state index is 12.5. The van der Waals surface area contributed by atoms with Crippen molar-refractivity contribution in [3.63, 3.8) is 0 Å². The van der Waals surface area contributed by atoms with Crippen LogP contribution in [0.2, 0.25) is 0 Å². The average Bonchev–Trinajstić information content (AvgIpc) is 2.58. The average molecular weight is 200 g/mol. The van der Waals surface area contributed by atoms with Crippen molar-refractivity contribution in [2.24, 2.45) is 0 Å². The summed E-state index contributed by atoms with van der Waals surface area (Å²) in [6.45, 7) is 1.82. The van der Waals surface area contributed by atoms with Crippen molar-refractivity contribution in [1.29, 1.82) is 0 Å². The second-order valence-electron chi connectivity index (χ2n) is 2.87. The van der Waals surface area contributed by atoms with Gasteiger partial charge in [0.05, 0.1) is 0 Å². The van der Waals surface area contributed by atoms with E-state index in [1.54, 1.807) is 0 Å². The molecule has 1 nitrogen and oxygen atoms in total. The standard InChI is InChI=1S/C10H10FN.ClH/c11-10-3-1-8(2-4-10)9-5-6-12-7-9;/h1-5,12H,6-7H2;1H. The largest absolute Gasteiger partial charge is 0.309 e. The van der Waals surface area contributed by atoms with Gasteiger partial charge in [-0.1, -0.05) is 18.2 Å². The molecule has 1 aliphatic heterocycles. The van der Waals surface area contributed by atoms with Gasteiger partial charge < -0.3 is 5.32 Å². The topological polar surface area (TPSA) is 12.0 Å². The lowest BCUT2D eigenvalue weighted by Crippen LogP contribution is -2.07. The third kappa shape index (κ3) is 2.29. The fraction of sp³-hybridized carbons (Fsp3) is 0.200.